The predicted octanol–water partition coefficient (Wildman–Crippen LogP) is 4.55. The molecule has 2 aromatic heterocycles. The van der Waals surface area contributed by atoms with E-state index in [9.17, 15) is 9.59 Å². The summed E-state index contributed by atoms with van der Waals surface area (Å²) in [7, 11) is 0. The Morgan fingerprint density at radius 2 is 1.79 bits per heavy atom. The molecular weight excluding hydrogens is 488 g/mol. The van der Waals surface area contributed by atoms with Crippen molar-refractivity contribution in [3.63, 3.8) is 0 Å². The van der Waals surface area contributed by atoms with Gasteiger partial charge in [-0.2, -0.15) is 0 Å². The van der Waals surface area contributed by atoms with Gasteiger partial charge in [0.1, 0.15) is 5.82 Å². The van der Waals surface area contributed by atoms with E-state index in [1.807, 2.05) is 66.9 Å². The van der Waals surface area contributed by atoms with Crippen LogP contribution in [0.25, 0.3) is 10.2 Å². The average molecular weight is 513 g/mol. The Bertz CT molecular complexity index is 1240. The van der Waals surface area contributed by atoms with Crippen LogP contribution in [0.15, 0.2) is 64.1 Å². The average Bonchev–Trinajstić information content (AvgIpc) is 3.39. The maximum absolute atomic E-state index is 12.2. The first-order valence-electron chi connectivity index (χ1n) is 10.7. The van der Waals surface area contributed by atoms with Crippen molar-refractivity contribution in [1.82, 2.24) is 30.4 Å². The van der Waals surface area contributed by atoms with Crippen LogP contribution in [0.1, 0.15) is 25.2 Å². The molecule has 2 aromatic carbocycles. The van der Waals surface area contributed by atoms with Gasteiger partial charge in [-0.05, 0) is 31.5 Å². The van der Waals surface area contributed by atoms with E-state index in [1.54, 1.807) is 23.1 Å². The van der Waals surface area contributed by atoms with Gasteiger partial charge in [-0.15, -0.1) is 21.5 Å². The standard InChI is InChI=1S/C23H24N6O2S3/c1-15(2)24-21(31)26-20(30)14-32-22-28-27-19(29(22)12-16-8-4-3-5-9-16)13-33-23-25-17-10-6-7-11-18(17)34-23/h3-11,15H,12-14H2,1-2H3,(H2,24,26,30,31). The van der Waals surface area contributed by atoms with E-state index < -0.39 is 6.03 Å². The molecule has 0 radical (unpaired) electrons. The SMILES string of the molecule is CC(C)NC(=O)NC(=O)CSc1nnc(CSc2nc3ccccc3s2)n1Cc1ccccc1. The van der Waals surface area contributed by atoms with Crippen molar-refractivity contribution >= 4 is 57.0 Å². The van der Waals surface area contributed by atoms with Crippen LogP contribution in [-0.4, -0.2) is 43.5 Å². The Morgan fingerprint density at radius 3 is 2.56 bits per heavy atom. The highest BCUT2D eigenvalue weighted by molar-refractivity contribution is 8.00. The second-order valence-electron chi connectivity index (χ2n) is 7.67. The van der Waals surface area contributed by atoms with Gasteiger partial charge in [0.2, 0.25) is 5.91 Å². The molecule has 11 heteroatoms. The molecule has 2 N–H and O–H groups in total. The lowest BCUT2D eigenvalue weighted by molar-refractivity contribution is -0.117. The summed E-state index contributed by atoms with van der Waals surface area (Å²) in [5.74, 6) is 1.07. The molecule has 0 atom stereocenters. The van der Waals surface area contributed by atoms with Crippen molar-refractivity contribution in [3.05, 3.63) is 66.0 Å². The Labute approximate surface area is 210 Å². The molecule has 8 nitrogen and oxygen atoms in total. The second-order valence-corrected chi connectivity index (χ2v) is 10.9. The molecule has 0 bridgehead atoms. The van der Waals surface area contributed by atoms with Gasteiger partial charge in [0, 0.05) is 6.04 Å². The zero-order chi connectivity index (χ0) is 23.9. The predicted molar refractivity (Wildman–Crippen MR) is 137 cm³/mol. The van der Waals surface area contributed by atoms with Crippen LogP contribution in [-0.2, 0) is 17.1 Å². The number of hydrogen-bond acceptors (Lipinski definition) is 8. The molecule has 0 aliphatic rings. The summed E-state index contributed by atoms with van der Waals surface area (Å²) in [5, 5.41) is 14.3. The van der Waals surface area contributed by atoms with Crippen LogP contribution in [0.2, 0.25) is 0 Å². The van der Waals surface area contributed by atoms with Crippen LogP contribution < -0.4 is 10.6 Å². The largest absolute Gasteiger partial charge is 0.336 e. The molecule has 2 heterocycles. The smallest absolute Gasteiger partial charge is 0.321 e. The highest BCUT2D eigenvalue weighted by atomic mass is 32.2. The monoisotopic (exact) mass is 512 g/mol. The number of carbonyl (C=O) groups is 2. The summed E-state index contributed by atoms with van der Waals surface area (Å²) >= 11 is 4.53. The van der Waals surface area contributed by atoms with Gasteiger partial charge in [-0.1, -0.05) is 66.0 Å². The van der Waals surface area contributed by atoms with Crippen molar-refractivity contribution in [2.75, 3.05) is 5.75 Å². The maximum atomic E-state index is 12.2. The van der Waals surface area contributed by atoms with Crippen LogP contribution >= 0.6 is 34.9 Å². The number of carbonyl (C=O) groups excluding carboxylic acids is 2. The van der Waals surface area contributed by atoms with E-state index in [0.29, 0.717) is 17.5 Å². The van der Waals surface area contributed by atoms with Crippen LogP contribution in [0.5, 0.6) is 0 Å². The van der Waals surface area contributed by atoms with E-state index in [2.05, 4.69) is 31.9 Å². The van der Waals surface area contributed by atoms with Crippen molar-refractivity contribution in [1.29, 1.82) is 0 Å². The minimum absolute atomic E-state index is 0.0510. The van der Waals surface area contributed by atoms with Gasteiger partial charge in [0.05, 0.1) is 28.3 Å². The highest BCUT2D eigenvalue weighted by Gasteiger charge is 2.17. The Balaban J connectivity index is 1.46. The van der Waals surface area contributed by atoms with Crippen molar-refractivity contribution in [3.8, 4) is 0 Å². The van der Waals surface area contributed by atoms with E-state index in [4.69, 9.17) is 0 Å². The molecule has 0 saturated heterocycles. The van der Waals surface area contributed by atoms with E-state index >= 15 is 0 Å². The molecule has 34 heavy (non-hydrogen) atoms. The molecule has 4 aromatic rings. The van der Waals surface area contributed by atoms with Gasteiger partial charge < -0.3 is 9.88 Å². The second kappa shape index (κ2) is 11.5. The Hall–Kier alpha value is -2.89. The quantitative estimate of drug-likeness (QED) is 0.317. The van der Waals surface area contributed by atoms with Crippen molar-refractivity contribution < 1.29 is 9.59 Å². The zero-order valence-electron chi connectivity index (χ0n) is 18.7. The molecule has 3 amide bonds. The molecule has 176 valence electrons. The normalized spacial score (nSPS) is 11.1. The molecule has 0 saturated carbocycles. The summed E-state index contributed by atoms with van der Waals surface area (Å²) in [4.78, 5) is 28.7. The van der Waals surface area contributed by atoms with Crippen molar-refractivity contribution in [2.24, 2.45) is 0 Å². The van der Waals surface area contributed by atoms with Gasteiger partial charge in [-0.25, -0.2) is 9.78 Å². The van der Waals surface area contributed by atoms with Crippen LogP contribution in [0.3, 0.4) is 0 Å². The lowest BCUT2D eigenvalue weighted by Crippen LogP contribution is -2.43. The number of urea groups is 1. The van der Waals surface area contributed by atoms with Crippen LogP contribution in [0, 0.1) is 0 Å². The van der Waals surface area contributed by atoms with Crippen molar-refractivity contribution in [2.45, 2.75) is 41.7 Å². The number of imide groups is 1. The molecule has 0 spiro atoms. The summed E-state index contributed by atoms with van der Waals surface area (Å²) in [6.45, 7) is 4.25. The first-order valence-corrected chi connectivity index (χ1v) is 13.4. The molecule has 0 fully saturated rings. The minimum Gasteiger partial charge on any atom is -0.336 e. The fourth-order valence-electron chi connectivity index (χ4n) is 3.09. The van der Waals surface area contributed by atoms with E-state index in [0.717, 1.165) is 25.9 Å². The number of nitrogens with zero attached hydrogens (tertiary/aromatic N) is 4. The molecular formula is C23H24N6O2S3. The minimum atomic E-state index is -0.501. The summed E-state index contributed by atoms with van der Waals surface area (Å²) in [6, 6.07) is 17.6. The summed E-state index contributed by atoms with van der Waals surface area (Å²) in [5.41, 5.74) is 2.10. The number of aromatic nitrogens is 4. The number of benzene rings is 2. The maximum Gasteiger partial charge on any atom is 0.321 e. The number of thioether (sulfide) groups is 2. The Kier molecular flexibility index (Phi) is 8.20. The topological polar surface area (TPSA) is 102 Å². The lowest BCUT2D eigenvalue weighted by Gasteiger charge is -2.11. The number of fused-ring (bicyclic) bond motifs is 1. The molecule has 0 unspecified atom stereocenters. The fraction of sp³-hybridized carbons (Fsp3) is 0.261. The lowest BCUT2D eigenvalue weighted by atomic mass is 10.2. The molecule has 4 rings (SSSR count). The number of rotatable bonds is 9. The Morgan fingerprint density at radius 1 is 1.03 bits per heavy atom. The number of nitrogens with one attached hydrogen (secondary N) is 2. The summed E-state index contributed by atoms with van der Waals surface area (Å²) in [6.07, 6.45) is 0. The zero-order valence-corrected chi connectivity index (χ0v) is 21.2. The van der Waals surface area contributed by atoms with Gasteiger partial charge >= 0.3 is 6.03 Å². The van der Waals surface area contributed by atoms with Crippen LogP contribution in [0.4, 0.5) is 4.79 Å². The van der Waals surface area contributed by atoms with E-state index in [1.165, 1.54) is 11.8 Å². The summed E-state index contributed by atoms with van der Waals surface area (Å²) < 4.78 is 4.14. The number of para-hydroxylation sites is 1. The number of thiazole rings is 1. The fourth-order valence-corrected chi connectivity index (χ4v) is 5.85. The first kappa shape index (κ1) is 24.2. The first-order chi connectivity index (χ1) is 16.5. The van der Waals surface area contributed by atoms with E-state index in [-0.39, 0.29) is 17.7 Å². The highest BCUT2D eigenvalue weighted by Crippen LogP contribution is 2.31. The third-order valence-corrected chi connectivity index (χ3v) is 7.72. The number of hydrogen-bond donors (Lipinski definition) is 2. The molecule has 0 aliphatic heterocycles. The van der Waals surface area contributed by atoms with Gasteiger partial charge in [0.25, 0.3) is 0 Å². The third-order valence-electron chi connectivity index (χ3n) is 4.58. The van der Waals surface area contributed by atoms with Gasteiger partial charge in [-0.3, -0.25) is 10.1 Å². The number of amides is 3. The van der Waals surface area contributed by atoms with Gasteiger partial charge in [0.15, 0.2) is 9.50 Å². The third kappa shape index (κ3) is 6.58. The molecule has 0 aliphatic carbocycles.